The fraction of sp³-hybridized carbons (Fsp3) is 0.567. The van der Waals surface area contributed by atoms with Crippen LogP contribution in [0.15, 0.2) is 54.4 Å². The average molecular weight is 491 g/mol. The molecule has 2 saturated carbocycles. The molecule has 8 unspecified atom stereocenters. The Balaban J connectivity index is 1.30. The highest BCUT2D eigenvalue weighted by atomic mass is 19.1. The van der Waals surface area contributed by atoms with Crippen molar-refractivity contribution in [1.29, 1.82) is 0 Å². The molecule has 2 spiro atoms. The van der Waals surface area contributed by atoms with Gasteiger partial charge in [-0.25, -0.2) is 4.39 Å². The first kappa shape index (κ1) is 23.0. The van der Waals surface area contributed by atoms with Gasteiger partial charge in [0.25, 0.3) is 0 Å². The zero-order valence-corrected chi connectivity index (χ0v) is 21.2. The molecule has 3 aliphatic carbocycles. The molecule has 2 aliphatic heterocycles. The quantitative estimate of drug-likeness (QED) is 0.610. The highest BCUT2D eigenvalue weighted by Crippen LogP contribution is 2.71. The number of aliphatic hydroxyl groups is 2. The van der Waals surface area contributed by atoms with E-state index in [1.54, 1.807) is 6.08 Å². The van der Waals surface area contributed by atoms with Crippen LogP contribution < -0.4 is 0 Å². The number of hydrogen-bond donors (Lipinski definition) is 2. The summed E-state index contributed by atoms with van der Waals surface area (Å²) in [6.07, 6.45) is 9.43. The summed E-state index contributed by atoms with van der Waals surface area (Å²) in [5.74, 6) is 0.0193. The summed E-state index contributed by atoms with van der Waals surface area (Å²) in [5, 5.41) is 24.3. The van der Waals surface area contributed by atoms with Crippen LogP contribution >= 0.6 is 0 Å². The molecule has 5 nitrogen and oxygen atoms in total. The van der Waals surface area contributed by atoms with Crippen LogP contribution in [-0.4, -0.2) is 69.3 Å². The zero-order valence-electron chi connectivity index (χ0n) is 21.2. The molecule has 7 rings (SSSR count). The van der Waals surface area contributed by atoms with Crippen molar-refractivity contribution in [2.24, 2.45) is 11.3 Å². The van der Waals surface area contributed by atoms with Crippen LogP contribution in [0.1, 0.15) is 51.0 Å². The second-order valence-electron chi connectivity index (χ2n) is 12.4. The molecule has 36 heavy (non-hydrogen) atoms. The maximum atomic E-state index is 17.1. The van der Waals surface area contributed by atoms with Gasteiger partial charge in [-0.2, -0.15) is 0 Å². The van der Waals surface area contributed by atoms with E-state index in [1.807, 2.05) is 37.5 Å². The Morgan fingerprint density at radius 1 is 1.08 bits per heavy atom. The molecule has 2 N–H and O–H groups in total. The standard InChI is InChI=1S/C30H35FN2O3/c1-27-9-11-29(31)15-22-25(34)26(35)23(33(2)3)16-28(22)10-12-30(29,36-28)24(27)7-6-21(27)19-4-5-20-17-32-13-8-18(20)14-19/h4-6,8,13-15,17,23-26,34-35H,7,9-12,16H2,1-3H3. The number of alkyl halides is 1. The summed E-state index contributed by atoms with van der Waals surface area (Å²) in [6.45, 7) is 2.30. The van der Waals surface area contributed by atoms with Gasteiger partial charge >= 0.3 is 0 Å². The lowest BCUT2D eigenvalue weighted by Crippen LogP contribution is -2.68. The summed E-state index contributed by atoms with van der Waals surface area (Å²) < 4.78 is 24.2. The zero-order chi connectivity index (χ0) is 25.1. The Bertz CT molecular complexity index is 1320. The predicted molar refractivity (Wildman–Crippen MR) is 137 cm³/mol. The lowest BCUT2D eigenvalue weighted by molar-refractivity contribution is -0.239. The normalized spacial score (nSPS) is 45.2. The lowest BCUT2D eigenvalue weighted by Gasteiger charge is -2.60. The van der Waals surface area contributed by atoms with E-state index < -0.39 is 29.1 Å². The van der Waals surface area contributed by atoms with E-state index in [-0.39, 0.29) is 17.4 Å². The van der Waals surface area contributed by atoms with Crippen molar-refractivity contribution in [1.82, 2.24) is 9.88 Å². The molecule has 2 aromatic rings. The van der Waals surface area contributed by atoms with E-state index in [9.17, 15) is 10.2 Å². The topological polar surface area (TPSA) is 65.8 Å². The number of pyridine rings is 1. The van der Waals surface area contributed by atoms with Gasteiger partial charge in [0.1, 0.15) is 11.7 Å². The van der Waals surface area contributed by atoms with Gasteiger partial charge in [-0.15, -0.1) is 0 Å². The van der Waals surface area contributed by atoms with Gasteiger partial charge < -0.3 is 19.8 Å². The van der Waals surface area contributed by atoms with Gasteiger partial charge in [0.05, 0.1) is 11.7 Å². The van der Waals surface area contributed by atoms with Crippen molar-refractivity contribution < 1.29 is 19.3 Å². The third-order valence-corrected chi connectivity index (χ3v) is 10.6. The largest absolute Gasteiger partial charge is 0.388 e. The summed E-state index contributed by atoms with van der Waals surface area (Å²) >= 11 is 0. The molecule has 1 aromatic heterocycles. The molecule has 3 heterocycles. The Morgan fingerprint density at radius 3 is 2.72 bits per heavy atom. The van der Waals surface area contributed by atoms with Gasteiger partial charge in [0.2, 0.25) is 0 Å². The SMILES string of the molecule is CN(C)C1CC23CCC4(O2)C2CC=C(c5ccc6cnccc6c5)C2(C)CCC4(F)C=C3C(O)C1O. The number of ether oxygens (including phenoxy) is 1. The monoisotopic (exact) mass is 490 g/mol. The number of aliphatic hydroxyl groups excluding tert-OH is 2. The van der Waals surface area contributed by atoms with Crippen LogP contribution in [0, 0.1) is 11.3 Å². The molecular formula is C30H35FN2O3. The third-order valence-electron chi connectivity index (χ3n) is 10.6. The first-order valence-electron chi connectivity index (χ1n) is 13.3. The number of rotatable bonds is 2. The minimum absolute atomic E-state index is 0.0193. The molecule has 190 valence electrons. The fourth-order valence-corrected chi connectivity index (χ4v) is 8.68. The van der Waals surface area contributed by atoms with Crippen molar-refractivity contribution in [3.05, 3.63) is 59.9 Å². The van der Waals surface area contributed by atoms with Crippen LogP contribution in [0.2, 0.25) is 0 Å². The number of fused-ring (bicyclic) bond motifs is 2. The van der Waals surface area contributed by atoms with Crippen molar-refractivity contribution in [3.63, 3.8) is 0 Å². The van der Waals surface area contributed by atoms with Gasteiger partial charge in [-0.05, 0) is 98.3 Å². The molecule has 8 atom stereocenters. The maximum Gasteiger partial charge on any atom is 0.158 e. The smallest absolute Gasteiger partial charge is 0.158 e. The van der Waals surface area contributed by atoms with Crippen LogP contribution in [0.3, 0.4) is 0 Å². The van der Waals surface area contributed by atoms with Gasteiger partial charge in [0, 0.05) is 29.7 Å². The second-order valence-corrected chi connectivity index (χ2v) is 12.4. The number of aromatic nitrogens is 1. The fourth-order valence-electron chi connectivity index (χ4n) is 8.68. The Labute approximate surface area is 211 Å². The van der Waals surface area contributed by atoms with Crippen molar-refractivity contribution in [2.75, 3.05) is 14.1 Å². The van der Waals surface area contributed by atoms with Gasteiger partial charge in [0.15, 0.2) is 5.67 Å². The van der Waals surface area contributed by atoms with Crippen LogP contribution in [0.5, 0.6) is 0 Å². The Kier molecular flexibility index (Phi) is 4.64. The highest BCUT2D eigenvalue weighted by molar-refractivity contribution is 5.87. The summed E-state index contributed by atoms with van der Waals surface area (Å²) in [5.41, 5.74) is -0.391. The molecule has 1 saturated heterocycles. The van der Waals surface area contributed by atoms with Crippen LogP contribution in [0.25, 0.3) is 16.3 Å². The molecule has 2 bridgehead atoms. The molecule has 1 aromatic carbocycles. The van der Waals surface area contributed by atoms with E-state index in [1.165, 1.54) is 11.1 Å². The lowest BCUT2D eigenvalue weighted by atomic mass is 9.53. The second kappa shape index (κ2) is 7.25. The average Bonchev–Trinajstić information content (AvgIpc) is 3.39. The first-order valence-corrected chi connectivity index (χ1v) is 13.3. The Morgan fingerprint density at radius 2 is 1.92 bits per heavy atom. The summed E-state index contributed by atoms with van der Waals surface area (Å²) in [6, 6.07) is 8.35. The van der Waals surface area contributed by atoms with Crippen molar-refractivity contribution in [3.8, 4) is 0 Å². The number of likely N-dealkylation sites (N-methyl/N-ethyl adjacent to an activating group) is 1. The van der Waals surface area contributed by atoms with E-state index in [0.29, 0.717) is 31.3 Å². The van der Waals surface area contributed by atoms with Gasteiger partial charge in [-0.3, -0.25) is 4.98 Å². The van der Waals surface area contributed by atoms with Crippen LogP contribution in [-0.2, 0) is 4.74 Å². The molecule has 6 heteroatoms. The van der Waals surface area contributed by atoms with Crippen molar-refractivity contribution in [2.45, 2.75) is 80.6 Å². The summed E-state index contributed by atoms with van der Waals surface area (Å²) in [4.78, 5) is 6.20. The van der Waals surface area contributed by atoms with Gasteiger partial charge in [-0.1, -0.05) is 25.1 Å². The molecule has 5 aliphatic rings. The van der Waals surface area contributed by atoms with E-state index in [2.05, 4.69) is 36.2 Å². The minimum atomic E-state index is -1.64. The first-order chi connectivity index (χ1) is 17.1. The maximum absolute atomic E-state index is 17.1. The van der Waals surface area contributed by atoms with E-state index >= 15 is 4.39 Å². The predicted octanol–water partition coefficient (Wildman–Crippen LogP) is 4.43. The Hall–Kier alpha value is -2.12. The van der Waals surface area contributed by atoms with E-state index in [0.717, 1.165) is 23.6 Å². The van der Waals surface area contributed by atoms with Crippen LogP contribution in [0.4, 0.5) is 4.39 Å². The number of allylic oxidation sites excluding steroid dienone is 2. The number of hydrogen-bond acceptors (Lipinski definition) is 5. The van der Waals surface area contributed by atoms with Crippen molar-refractivity contribution >= 4 is 16.3 Å². The van der Waals surface area contributed by atoms with E-state index in [4.69, 9.17) is 4.74 Å². The highest BCUT2D eigenvalue weighted by Gasteiger charge is 2.74. The molecule has 3 fully saturated rings. The molecular weight excluding hydrogens is 455 g/mol. The molecule has 0 radical (unpaired) electrons. The molecule has 0 amide bonds. The minimum Gasteiger partial charge on any atom is -0.388 e. The summed E-state index contributed by atoms with van der Waals surface area (Å²) in [7, 11) is 3.84. The number of nitrogens with zero attached hydrogens (tertiary/aromatic N) is 2. The number of halogens is 1. The third kappa shape index (κ3) is 2.71. The number of benzene rings is 1.